The molecule has 0 amide bonds. The zero-order valence-electron chi connectivity index (χ0n) is 7.07. The second-order valence-electron chi connectivity index (χ2n) is 3.37. The Morgan fingerprint density at radius 2 is 2.08 bits per heavy atom. The molecule has 0 spiro atoms. The molecule has 0 aliphatic heterocycles. The molecule has 1 rings (SSSR count). The molecule has 70 valence electrons. The summed E-state index contributed by atoms with van der Waals surface area (Å²) in [5.41, 5.74) is 0. The lowest BCUT2D eigenvalue weighted by atomic mass is 9.89. The fraction of sp³-hybridized carbons (Fsp3) is 0.750. The first-order valence-electron chi connectivity index (χ1n) is 4.18. The van der Waals surface area contributed by atoms with Crippen molar-refractivity contribution < 1.29 is 8.42 Å². The molecule has 3 nitrogen and oxygen atoms in total. The molecule has 0 aromatic heterocycles. The predicted molar refractivity (Wildman–Crippen MR) is 49.1 cm³/mol. The Balaban J connectivity index is 2.64. The number of nitrogens with two attached hydrogens (primary N) is 1. The Kier molecular flexibility index (Phi) is 2.90. The van der Waals surface area contributed by atoms with E-state index in [1.807, 2.05) is 6.08 Å². The van der Waals surface area contributed by atoms with E-state index in [1.54, 1.807) is 0 Å². The molecule has 0 saturated heterocycles. The van der Waals surface area contributed by atoms with Crippen LogP contribution in [0.4, 0.5) is 0 Å². The summed E-state index contributed by atoms with van der Waals surface area (Å²) in [5.74, 6) is 0.335. The van der Waals surface area contributed by atoms with Crippen molar-refractivity contribution in [2.75, 3.05) is 0 Å². The van der Waals surface area contributed by atoms with Crippen LogP contribution in [0.1, 0.15) is 25.7 Å². The molecule has 1 aliphatic carbocycles. The summed E-state index contributed by atoms with van der Waals surface area (Å²) in [7, 11) is -3.32. The van der Waals surface area contributed by atoms with Gasteiger partial charge in [-0.15, -0.1) is 6.58 Å². The maximum absolute atomic E-state index is 11.0. The standard InChI is InChI=1S/C8H15NO2S/c1-2-7-4-3-5-8(6-7)12(9,10)11/h2,7-8H,1,3-6H2,(H2,9,10,11)/t7-,8+/m1/s1. The normalized spacial score (nSPS) is 31.4. The highest BCUT2D eigenvalue weighted by atomic mass is 32.2. The second-order valence-corrected chi connectivity index (χ2v) is 5.22. The number of rotatable bonds is 2. The van der Waals surface area contributed by atoms with Gasteiger partial charge < -0.3 is 0 Å². The van der Waals surface area contributed by atoms with Crippen molar-refractivity contribution in [3.63, 3.8) is 0 Å². The van der Waals surface area contributed by atoms with Crippen LogP contribution in [0.5, 0.6) is 0 Å². The van der Waals surface area contributed by atoms with Gasteiger partial charge in [-0.25, -0.2) is 13.6 Å². The van der Waals surface area contributed by atoms with Gasteiger partial charge in [0.1, 0.15) is 0 Å². The summed E-state index contributed by atoms with van der Waals surface area (Å²) in [6, 6.07) is 0. The van der Waals surface area contributed by atoms with Crippen molar-refractivity contribution in [2.24, 2.45) is 11.1 Å². The van der Waals surface area contributed by atoms with Crippen LogP contribution in [0.3, 0.4) is 0 Å². The van der Waals surface area contributed by atoms with Gasteiger partial charge in [-0.3, -0.25) is 0 Å². The average molecular weight is 189 g/mol. The van der Waals surface area contributed by atoms with Crippen molar-refractivity contribution in [1.82, 2.24) is 0 Å². The molecule has 12 heavy (non-hydrogen) atoms. The second kappa shape index (κ2) is 3.58. The van der Waals surface area contributed by atoms with Crippen LogP contribution in [-0.2, 0) is 10.0 Å². The third-order valence-electron chi connectivity index (χ3n) is 2.46. The summed E-state index contributed by atoms with van der Waals surface area (Å²) in [5, 5.41) is 4.73. The zero-order chi connectivity index (χ0) is 9.19. The fourth-order valence-electron chi connectivity index (χ4n) is 1.69. The Bertz CT molecular complexity index is 258. The van der Waals surface area contributed by atoms with Gasteiger partial charge in [-0.1, -0.05) is 12.5 Å². The van der Waals surface area contributed by atoms with E-state index in [9.17, 15) is 8.42 Å². The molecule has 1 saturated carbocycles. The van der Waals surface area contributed by atoms with Crippen LogP contribution >= 0.6 is 0 Å². The van der Waals surface area contributed by atoms with Gasteiger partial charge in [0.25, 0.3) is 0 Å². The summed E-state index contributed by atoms with van der Waals surface area (Å²) in [6.45, 7) is 3.67. The molecule has 0 aromatic rings. The van der Waals surface area contributed by atoms with Gasteiger partial charge in [0.2, 0.25) is 10.0 Å². The van der Waals surface area contributed by atoms with E-state index in [-0.39, 0.29) is 5.25 Å². The van der Waals surface area contributed by atoms with E-state index < -0.39 is 10.0 Å². The number of hydrogen-bond donors (Lipinski definition) is 1. The largest absolute Gasteiger partial charge is 0.228 e. The molecule has 0 bridgehead atoms. The van der Waals surface area contributed by atoms with Crippen LogP contribution < -0.4 is 5.14 Å². The molecule has 4 heteroatoms. The van der Waals surface area contributed by atoms with Crippen LogP contribution in [0.15, 0.2) is 12.7 Å². The van der Waals surface area contributed by atoms with E-state index in [4.69, 9.17) is 5.14 Å². The highest BCUT2D eigenvalue weighted by Crippen LogP contribution is 2.27. The minimum Gasteiger partial charge on any atom is -0.228 e. The molecule has 2 atom stereocenters. The van der Waals surface area contributed by atoms with Gasteiger partial charge >= 0.3 is 0 Å². The van der Waals surface area contributed by atoms with Gasteiger partial charge in [0.05, 0.1) is 5.25 Å². The summed E-state index contributed by atoms with van der Waals surface area (Å²) in [4.78, 5) is 0. The summed E-state index contributed by atoms with van der Waals surface area (Å²) < 4.78 is 22.0. The first-order chi connectivity index (χ1) is 5.54. The van der Waals surface area contributed by atoms with E-state index >= 15 is 0 Å². The molecular weight excluding hydrogens is 174 g/mol. The maximum atomic E-state index is 11.0. The van der Waals surface area contributed by atoms with Crippen molar-refractivity contribution in [3.05, 3.63) is 12.7 Å². The molecule has 1 aliphatic rings. The Labute approximate surface area is 73.7 Å². The van der Waals surface area contributed by atoms with Crippen molar-refractivity contribution in [2.45, 2.75) is 30.9 Å². The first-order valence-corrected chi connectivity index (χ1v) is 5.79. The van der Waals surface area contributed by atoms with Crippen molar-refractivity contribution in [1.29, 1.82) is 0 Å². The number of sulfonamides is 1. The fourth-order valence-corrected chi connectivity index (χ4v) is 2.70. The Hall–Kier alpha value is -0.350. The topological polar surface area (TPSA) is 60.2 Å². The van der Waals surface area contributed by atoms with Crippen LogP contribution in [0.25, 0.3) is 0 Å². The average Bonchev–Trinajstić information content (AvgIpc) is 2.03. The predicted octanol–water partition coefficient (Wildman–Crippen LogP) is 1.02. The van der Waals surface area contributed by atoms with E-state index in [0.717, 1.165) is 12.8 Å². The summed E-state index contributed by atoms with van der Waals surface area (Å²) >= 11 is 0. The van der Waals surface area contributed by atoms with E-state index in [2.05, 4.69) is 6.58 Å². The number of hydrogen-bond acceptors (Lipinski definition) is 2. The highest BCUT2D eigenvalue weighted by Gasteiger charge is 2.27. The number of allylic oxidation sites excluding steroid dienone is 1. The molecule has 0 unspecified atom stereocenters. The molecule has 0 radical (unpaired) electrons. The van der Waals surface area contributed by atoms with E-state index in [0.29, 0.717) is 18.8 Å². The minimum atomic E-state index is -3.32. The van der Waals surface area contributed by atoms with Crippen LogP contribution in [0.2, 0.25) is 0 Å². The highest BCUT2D eigenvalue weighted by molar-refractivity contribution is 7.89. The van der Waals surface area contributed by atoms with E-state index in [1.165, 1.54) is 0 Å². The monoisotopic (exact) mass is 189 g/mol. The Morgan fingerprint density at radius 1 is 1.42 bits per heavy atom. The molecular formula is C8H15NO2S. The van der Waals surface area contributed by atoms with Crippen molar-refractivity contribution in [3.8, 4) is 0 Å². The van der Waals surface area contributed by atoms with Crippen LogP contribution in [-0.4, -0.2) is 13.7 Å². The lowest BCUT2D eigenvalue weighted by molar-refractivity contribution is 0.414. The minimum absolute atomic E-state index is 0.335. The third-order valence-corrected chi connectivity index (χ3v) is 3.82. The molecule has 2 N–H and O–H groups in total. The Morgan fingerprint density at radius 3 is 2.58 bits per heavy atom. The van der Waals surface area contributed by atoms with Gasteiger partial charge in [0.15, 0.2) is 0 Å². The maximum Gasteiger partial charge on any atom is 0.211 e. The SMILES string of the molecule is C=C[C@@H]1CCC[C@H](S(N)(=O)=O)C1. The first kappa shape index (κ1) is 9.74. The molecule has 0 aromatic carbocycles. The third kappa shape index (κ3) is 2.32. The molecule has 1 fully saturated rings. The van der Waals surface area contributed by atoms with Gasteiger partial charge in [-0.2, -0.15) is 0 Å². The van der Waals surface area contributed by atoms with Crippen molar-refractivity contribution >= 4 is 10.0 Å². The van der Waals surface area contributed by atoms with Crippen LogP contribution in [0, 0.1) is 5.92 Å². The zero-order valence-corrected chi connectivity index (χ0v) is 7.89. The quantitative estimate of drug-likeness (QED) is 0.659. The van der Waals surface area contributed by atoms with Gasteiger partial charge in [-0.05, 0) is 25.2 Å². The molecule has 0 heterocycles. The lowest BCUT2D eigenvalue weighted by Gasteiger charge is -2.25. The number of primary sulfonamides is 1. The van der Waals surface area contributed by atoms with Gasteiger partial charge in [0, 0.05) is 0 Å². The summed E-state index contributed by atoms with van der Waals surface area (Å²) in [6.07, 6.45) is 5.19. The smallest absolute Gasteiger partial charge is 0.211 e. The lowest BCUT2D eigenvalue weighted by Crippen LogP contribution is -2.32.